The number of piperazine rings is 1. The molecule has 1 aliphatic heterocycles. The van der Waals surface area contributed by atoms with E-state index in [1.807, 2.05) is 0 Å². The molecular formula is C14H22N2O. The molecule has 0 aliphatic carbocycles. The van der Waals surface area contributed by atoms with Crippen molar-refractivity contribution in [1.82, 2.24) is 5.32 Å². The summed E-state index contributed by atoms with van der Waals surface area (Å²) in [5, 5.41) is 3.50. The van der Waals surface area contributed by atoms with E-state index in [-0.39, 0.29) is 0 Å². The second kappa shape index (κ2) is 5.52. The molecule has 1 aliphatic rings. The molecule has 1 heterocycles. The van der Waals surface area contributed by atoms with Crippen LogP contribution in [-0.4, -0.2) is 32.3 Å². The van der Waals surface area contributed by atoms with Crippen LogP contribution in [0.4, 0.5) is 5.69 Å². The van der Waals surface area contributed by atoms with Crippen LogP contribution in [0.25, 0.3) is 0 Å². The molecule has 1 N–H and O–H groups in total. The predicted octanol–water partition coefficient (Wildman–Crippen LogP) is 2.02. The number of nitrogens with one attached hydrogen (secondary N) is 1. The van der Waals surface area contributed by atoms with E-state index < -0.39 is 0 Å². The van der Waals surface area contributed by atoms with E-state index in [9.17, 15) is 0 Å². The van der Waals surface area contributed by atoms with Crippen molar-refractivity contribution in [1.29, 1.82) is 0 Å². The maximum atomic E-state index is 5.19. The Morgan fingerprint density at radius 1 is 1.41 bits per heavy atom. The molecule has 0 amide bonds. The number of nitrogens with zero attached hydrogens (tertiary/aromatic N) is 1. The molecule has 0 bridgehead atoms. The van der Waals surface area contributed by atoms with Gasteiger partial charge < -0.3 is 15.0 Å². The van der Waals surface area contributed by atoms with Gasteiger partial charge in [-0.1, -0.05) is 12.1 Å². The first kappa shape index (κ1) is 12.4. The second-order valence-electron chi connectivity index (χ2n) is 4.91. The van der Waals surface area contributed by atoms with Crippen molar-refractivity contribution in [2.45, 2.75) is 32.5 Å². The van der Waals surface area contributed by atoms with Gasteiger partial charge in [-0.25, -0.2) is 0 Å². The number of methoxy groups -OCH3 is 1. The van der Waals surface area contributed by atoms with Crippen LogP contribution in [0.15, 0.2) is 24.3 Å². The van der Waals surface area contributed by atoms with E-state index in [1.165, 1.54) is 11.3 Å². The zero-order chi connectivity index (χ0) is 12.3. The molecule has 0 spiro atoms. The van der Waals surface area contributed by atoms with Crippen molar-refractivity contribution < 1.29 is 4.74 Å². The van der Waals surface area contributed by atoms with Gasteiger partial charge in [0.1, 0.15) is 0 Å². The van der Waals surface area contributed by atoms with Crippen LogP contribution >= 0.6 is 0 Å². The normalized spacial score (nSPS) is 25.0. The van der Waals surface area contributed by atoms with Crippen LogP contribution in [0.5, 0.6) is 0 Å². The lowest BCUT2D eigenvalue weighted by Crippen LogP contribution is -2.54. The third-order valence-corrected chi connectivity index (χ3v) is 3.32. The van der Waals surface area contributed by atoms with Crippen LogP contribution in [0.2, 0.25) is 0 Å². The summed E-state index contributed by atoms with van der Waals surface area (Å²) in [5.74, 6) is 0. The highest BCUT2D eigenvalue weighted by atomic mass is 16.5. The topological polar surface area (TPSA) is 24.5 Å². The van der Waals surface area contributed by atoms with Crippen molar-refractivity contribution in [2.24, 2.45) is 0 Å². The zero-order valence-electron chi connectivity index (χ0n) is 10.9. The second-order valence-corrected chi connectivity index (χ2v) is 4.91. The standard InChI is InChI=1S/C14H22N2O/c1-11-9-16(12(2)8-15-11)14-6-4-5-13(7-14)10-17-3/h4-7,11-12,15H,8-10H2,1-3H3. The van der Waals surface area contributed by atoms with Crippen molar-refractivity contribution in [2.75, 3.05) is 25.1 Å². The molecule has 3 nitrogen and oxygen atoms in total. The van der Waals surface area contributed by atoms with Gasteiger partial charge in [0, 0.05) is 38.0 Å². The van der Waals surface area contributed by atoms with Crippen LogP contribution in [0.3, 0.4) is 0 Å². The molecule has 17 heavy (non-hydrogen) atoms. The number of rotatable bonds is 3. The summed E-state index contributed by atoms with van der Waals surface area (Å²) in [6, 6.07) is 9.75. The highest BCUT2D eigenvalue weighted by Crippen LogP contribution is 2.21. The Bertz CT molecular complexity index is 367. The van der Waals surface area contributed by atoms with Crippen LogP contribution < -0.4 is 10.2 Å². The maximum absolute atomic E-state index is 5.19. The van der Waals surface area contributed by atoms with Gasteiger partial charge in [-0.15, -0.1) is 0 Å². The highest BCUT2D eigenvalue weighted by molar-refractivity contribution is 5.50. The summed E-state index contributed by atoms with van der Waals surface area (Å²) in [4.78, 5) is 2.47. The van der Waals surface area contributed by atoms with Crippen LogP contribution in [0, 0.1) is 0 Å². The molecule has 1 fully saturated rings. The third kappa shape index (κ3) is 2.99. The lowest BCUT2D eigenvalue weighted by Gasteiger charge is -2.39. The van der Waals surface area contributed by atoms with Gasteiger partial charge in [-0.3, -0.25) is 0 Å². The number of ether oxygens (including phenoxy) is 1. The minimum Gasteiger partial charge on any atom is -0.380 e. The van der Waals surface area contributed by atoms with Gasteiger partial charge in [0.2, 0.25) is 0 Å². The average molecular weight is 234 g/mol. The van der Waals surface area contributed by atoms with Crippen molar-refractivity contribution in [3.63, 3.8) is 0 Å². The molecular weight excluding hydrogens is 212 g/mol. The first-order valence-corrected chi connectivity index (χ1v) is 6.28. The molecule has 2 atom stereocenters. The minimum atomic E-state index is 0.545. The van der Waals surface area contributed by atoms with Gasteiger partial charge in [0.15, 0.2) is 0 Å². The molecule has 3 heteroatoms. The van der Waals surface area contributed by atoms with Gasteiger partial charge in [0.05, 0.1) is 6.61 Å². The molecule has 2 rings (SSSR count). The van der Waals surface area contributed by atoms with E-state index in [4.69, 9.17) is 4.74 Å². The van der Waals surface area contributed by atoms with Gasteiger partial charge in [-0.05, 0) is 31.5 Å². The lowest BCUT2D eigenvalue weighted by molar-refractivity contribution is 0.185. The fraction of sp³-hybridized carbons (Fsp3) is 0.571. The number of benzene rings is 1. The van der Waals surface area contributed by atoms with Crippen LogP contribution in [0.1, 0.15) is 19.4 Å². The first-order chi connectivity index (χ1) is 8.20. The van der Waals surface area contributed by atoms with E-state index in [2.05, 4.69) is 48.3 Å². The smallest absolute Gasteiger partial charge is 0.0713 e. The van der Waals surface area contributed by atoms with E-state index in [0.29, 0.717) is 18.7 Å². The largest absolute Gasteiger partial charge is 0.380 e. The predicted molar refractivity (Wildman–Crippen MR) is 71.4 cm³/mol. The van der Waals surface area contributed by atoms with Crippen molar-refractivity contribution >= 4 is 5.69 Å². The Morgan fingerprint density at radius 3 is 3.00 bits per heavy atom. The Kier molecular flexibility index (Phi) is 4.02. The highest BCUT2D eigenvalue weighted by Gasteiger charge is 2.22. The summed E-state index contributed by atoms with van der Waals surface area (Å²) in [7, 11) is 1.74. The fourth-order valence-electron chi connectivity index (χ4n) is 2.37. The molecule has 0 saturated carbocycles. The van der Waals surface area contributed by atoms with E-state index >= 15 is 0 Å². The zero-order valence-corrected chi connectivity index (χ0v) is 10.9. The van der Waals surface area contributed by atoms with Gasteiger partial charge >= 0.3 is 0 Å². The van der Waals surface area contributed by atoms with Crippen molar-refractivity contribution in [3.8, 4) is 0 Å². The monoisotopic (exact) mass is 234 g/mol. The Morgan fingerprint density at radius 2 is 2.24 bits per heavy atom. The molecule has 94 valence electrons. The molecule has 0 aromatic heterocycles. The summed E-state index contributed by atoms with van der Waals surface area (Å²) in [6.45, 7) is 7.30. The average Bonchev–Trinajstić information content (AvgIpc) is 2.33. The summed E-state index contributed by atoms with van der Waals surface area (Å²) in [5.41, 5.74) is 2.55. The number of anilines is 1. The maximum Gasteiger partial charge on any atom is 0.0713 e. The summed E-state index contributed by atoms with van der Waals surface area (Å²) < 4.78 is 5.19. The Balaban J connectivity index is 2.16. The molecule has 0 radical (unpaired) electrons. The lowest BCUT2D eigenvalue weighted by atomic mass is 10.1. The molecule has 1 aromatic rings. The van der Waals surface area contributed by atoms with Gasteiger partial charge in [0.25, 0.3) is 0 Å². The Hall–Kier alpha value is -1.06. The quantitative estimate of drug-likeness (QED) is 0.866. The molecule has 1 aromatic carbocycles. The van der Waals surface area contributed by atoms with E-state index in [1.54, 1.807) is 7.11 Å². The third-order valence-electron chi connectivity index (χ3n) is 3.32. The SMILES string of the molecule is COCc1cccc(N2CC(C)NCC2C)c1. The van der Waals surface area contributed by atoms with Crippen LogP contribution in [-0.2, 0) is 11.3 Å². The Labute approximate surface area is 104 Å². The van der Waals surface area contributed by atoms with Crippen molar-refractivity contribution in [3.05, 3.63) is 29.8 Å². The van der Waals surface area contributed by atoms with E-state index in [0.717, 1.165) is 13.1 Å². The molecule has 1 saturated heterocycles. The molecule has 2 unspecified atom stereocenters. The summed E-state index contributed by atoms with van der Waals surface area (Å²) >= 11 is 0. The number of hydrogen-bond donors (Lipinski definition) is 1. The summed E-state index contributed by atoms with van der Waals surface area (Å²) in [6.07, 6.45) is 0. The minimum absolute atomic E-state index is 0.545. The first-order valence-electron chi connectivity index (χ1n) is 6.28. The van der Waals surface area contributed by atoms with Gasteiger partial charge in [-0.2, -0.15) is 0 Å². The number of hydrogen-bond acceptors (Lipinski definition) is 3. The fourth-order valence-corrected chi connectivity index (χ4v) is 2.37.